The van der Waals surface area contributed by atoms with Gasteiger partial charge in [0.15, 0.2) is 0 Å². The summed E-state index contributed by atoms with van der Waals surface area (Å²) < 4.78 is 0. The van der Waals surface area contributed by atoms with Crippen molar-refractivity contribution in [3.8, 4) is 0 Å². The molecular formula is C21H29N5OS. The number of rotatable bonds is 3. The molecule has 3 aliphatic rings. The quantitative estimate of drug-likeness (QED) is 0.862. The fraction of sp³-hybridized carbons (Fsp3) is 0.667. The number of carbonyl (C=O) groups is 1. The summed E-state index contributed by atoms with van der Waals surface area (Å²) in [6.45, 7) is 5.70. The second-order valence-electron chi connectivity index (χ2n) is 8.37. The van der Waals surface area contributed by atoms with E-state index in [-0.39, 0.29) is 11.4 Å². The highest BCUT2D eigenvalue weighted by Gasteiger charge is 2.48. The van der Waals surface area contributed by atoms with E-state index >= 15 is 0 Å². The van der Waals surface area contributed by atoms with E-state index in [0.717, 1.165) is 57.6 Å². The Bertz CT molecular complexity index is 841. The van der Waals surface area contributed by atoms with Gasteiger partial charge in [0.2, 0.25) is 5.91 Å². The van der Waals surface area contributed by atoms with E-state index in [1.807, 2.05) is 18.3 Å². The highest BCUT2D eigenvalue weighted by molar-refractivity contribution is 7.11. The molecule has 6 nitrogen and oxygen atoms in total. The minimum atomic E-state index is -0.223. The van der Waals surface area contributed by atoms with E-state index in [1.165, 1.54) is 40.5 Å². The van der Waals surface area contributed by atoms with Crippen molar-refractivity contribution in [3.63, 3.8) is 0 Å². The molecule has 0 aromatic carbocycles. The molecule has 28 heavy (non-hydrogen) atoms. The van der Waals surface area contributed by atoms with Gasteiger partial charge in [-0.05, 0) is 38.5 Å². The molecule has 0 saturated carbocycles. The maximum atomic E-state index is 12.7. The number of nitrogens with one attached hydrogen (secondary N) is 1. The van der Waals surface area contributed by atoms with Crippen molar-refractivity contribution in [1.29, 1.82) is 0 Å². The van der Waals surface area contributed by atoms with Crippen molar-refractivity contribution in [2.24, 2.45) is 0 Å². The Morgan fingerprint density at radius 3 is 2.82 bits per heavy atom. The van der Waals surface area contributed by atoms with Crippen LogP contribution in [0.15, 0.2) is 6.33 Å². The number of carbonyl (C=O) groups excluding carboxylic acids is 1. The van der Waals surface area contributed by atoms with E-state index in [1.54, 1.807) is 6.33 Å². The summed E-state index contributed by atoms with van der Waals surface area (Å²) in [6.07, 6.45) is 10.1. The second kappa shape index (κ2) is 7.26. The van der Waals surface area contributed by atoms with E-state index in [0.29, 0.717) is 6.42 Å². The topological polar surface area (TPSA) is 65.1 Å². The number of aryl methyl sites for hydroxylation is 2. The predicted molar refractivity (Wildman–Crippen MR) is 109 cm³/mol. The Balaban J connectivity index is 1.33. The molecule has 2 aromatic rings. The minimum Gasteiger partial charge on any atom is -0.348 e. The van der Waals surface area contributed by atoms with Gasteiger partial charge in [0, 0.05) is 43.0 Å². The lowest BCUT2D eigenvalue weighted by molar-refractivity contribution is -0.141. The maximum absolute atomic E-state index is 12.7. The van der Waals surface area contributed by atoms with Crippen LogP contribution in [0.4, 0.5) is 0 Å². The van der Waals surface area contributed by atoms with E-state index < -0.39 is 0 Å². The number of aromatic nitrogens is 3. The molecule has 1 spiro atoms. The second-order valence-corrected chi connectivity index (χ2v) is 9.54. The smallest absolute Gasteiger partial charge is 0.223 e. The third-order valence-electron chi connectivity index (χ3n) is 6.80. The Hall–Kier alpha value is -1.73. The number of thiazole rings is 1. The number of piperidine rings is 1. The molecule has 7 heteroatoms. The van der Waals surface area contributed by atoms with Crippen molar-refractivity contribution >= 4 is 17.2 Å². The number of aromatic amines is 1. The van der Waals surface area contributed by atoms with Gasteiger partial charge in [-0.1, -0.05) is 6.92 Å². The van der Waals surface area contributed by atoms with E-state index in [2.05, 4.69) is 19.8 Å². The summed E-state index contributed by atoms with van der Waals surface area (Å²) in [5.74, 6) is 0.259. The molecule has 1 saturated heterocycles. The van der Waals surface area contributed by atoms with Crippen molar-refractivity contribution in [2.75, 3.05) is 19.6 Å². The molecule has 1 N–H and O–H groups in total. The van der Waals surface area contributed by atoms with Crippen LogP contribution in [-0.2, 0) is 36.1 Å². The van der Waals surface area contributed by atoms with Crippen LogP contribution in [0.1, 0.15) is 66.0 Å². The largest absolute Gasteiger partial charge is 0.348 e. The van der Waals surface area contributed by atoms with Gasteiger partial charge in [0.1, 0.15) is 5.01 Å². The Kier molecular flexibility index (Phi) is 4.75. The highest BCUT2D eigenvalue weighted by atomic mass is 32.1. The number of H-pyrrole nitrogens is 1. The lowest BCUT2D eigenvalue weighted by atomic mass is 9.78. The molecule has 4 heterocycles. The number of fused-ring (bicyclic) bond motifs is 3. The number of amides is 1. The summed E-state index contributed by atoms with van der Waals surface area (Å²) in [4.78, 5) is 31.8. The molecule has 1 amide bonds. The molecule has 0 bridgehead atoms. The molecule has 2 aliphatic heterocycles. The zero-order valence-electron chi connectivity index (χ0n) is 16.7. The average Bonchev–Trinajstić information content (AvgIpc) is 3.36. The van der Waals surface area contributed by atoms with Crippen molar-refractivity contribution in [3.05, 3.63) is 33.3 Å². The third-order valence-corrected chi connectivity index (χ3v) is 7.94. The Morgan fingerprint density at radius 1 is 1.21 bits per heavy atom. The van der Waals surface area contributed by atoms with Gasteiger partial charge in [0.05, 0.1) is 29.8 Å². The average molecular weight is 400 g/mol. The summed E-state index contributed by atoms with van der Waals surface area (Å²) in [5.41, 5.74) is 3.47. The molecule has 1 fully saturated rings. The van der Waals surface area contributed by atoms with Crippen LogP contribution in [0.25, 0.3) is 0 Å². The number of likely N-dealkylation sites (tertiary alicyclic amines) is 1. The first-order valence-electron chi connectivity index (χ1n) is 10.7. The van der Waals surface area contributed by atoms with Crippen LogP contribution in [0, 0.1) is 0 Å². The zero-order valence-corrected chi connectivity index (χ0v) is 17.5. The molecular weight excluding hydrogens is 370 g/mol. The molecule has 0 radical (unpaired) electrons. The molecule has 150 valence electrons. The molecule has 1 aliphatic carbocycles. The Labute approximate surface area is 170 Å². The van der Waals surface area contributed by atoms with Crippen LogP contribution in [-0.4, -0.2) is 50.3 Å². The van der Waals surface area contributed by atoms with Gasteiger partial charge in [-0.15, -0.1) is 11.3 Å². The van der Waals surface area contributed by atoms with Gasteiger partial charge in [-0.2, -0.15) is 0 Å². The normalized spacial score (nSPS) is 21.5. The summed E-state index contributed by atoms with van der Waals surface area (Å²) in [7, 11) is 0. The van der Waals surface area contributed by atoms with E-state index in [9.17, 15) is 4.79 Å². The lowest BCUT2D eigenvalue weighted by Crippen LogP contribution is -2.58. The number of hydrogen-bond donors (Lipinski definition) is 1. The van der Waals surface area contributed by atoms with Gasteiger partial charge < -0.3 is 9.88 Å². The number of nitrogens with zero attached hydrogens (tertiary/aromatic N) is 4. The van der Waals surface area contributed by atoms with E-state index in [4.69, 9.17) is 4.98 Å². The van der Waals surface area contributed by atoms with Gasteiger partial charge in [0.25, 0.3) is 0 Å². The fourth-order valence-corrected chi connectivity index (χ4v) is 6.48. The lowest BCUT2D eigenvalue weighted by Gasteiger charge is -2.50. The minimum absolute atomic E-state index is 0.223. The predicted octanol–water partition coefficient (Wildman–Crippen LogP) is 3.03. The zero-order chi connectivity index (χ0) is 19.1. The summed E-state index contributed by atoms with van der Waals surface area (Å²) in [5, 5.41) is 1.27. The standard InChI is InChI=1S/C21H29N5OS/c1-2-19(27)26-10-7-16-20(23-14-22-16)21(26)8-11-25(12-9-21)13-18-24-15-5-3-4-6-17(15)28-18/h14H,2-13H2,1H3,(H,22,23). The Morgan fingerprint density at radius 2 is 2.04 bits per heavy atom. The summed E-state index contributed by atoms with van der Waals surface area (Å²) >= 11 is 1.92. The monoisotopic (exact) mass is 399 g/mol. The molecule has 5 rings (SSSR count). The number of imidazole rings is 1. The maximum Gasteiger partial charge on any atom is 0.223 e. The van der Waals surface area contributed by atoms with Crippen LogP contribution < -0.4 is 0 Å². The van der Waals surface area contributed by atoms with Crippen LogP contribution >= 0.6 is 11.3 Å². The van der Waals surface area contributed by atoms with Crippen molar-refractivity contribution < 1.29 is 4.79 Å². The summed E-state index contributed by atoms with van der Waals surface area (Å²) in [6, 6.07) is 0. The van der Waals surface area contributed by atoms with Crippen molar-refractivity contribution in [2.45, 2.75) is 70.4 Å². The first-order chi connectivity index (χ1) is 13.7. The molecule has 0 unspecified atom stereocenters. The first kappa shape index (κ1) is 18.3. The van der Waals surface area contributed by atoms with Crippen LogP contribution in [0.5, 0.6) is 0 Å². The molecule has 0 atom stereocenters. The van der Waals surface area contributed by atoms with Crippen LogP contribution in [0.3, 0.4) is 0 Å². The van der Waals surface area contributed by atoms with Crippen molar-refractivity contribution in [1.82, 2.24) is 24.8 Å². The highest BCUT2D eigenvalue weighted by Crippen LogP contribution is 2.43. The third kappa shape index (κ3) is 2.99. The van der Waals surface area contributed by atoms with Gasteiger partial charge >= 0.3 is 0 Å². The number of hydrogen-bond acceptors (Lipinski definition) is 5. The van der Waals surface area contributed by atoms with Gasteiger partial charge in [-0.3, -0.25) is 9.69 Å². The molecule has 2 aromatic heterocycles. The SMILES string of the molecule is CCC(=O)N1CCc2[nH]cnc2C12CCN(Cc1nc3c(s1)CCCC3)CC2. The fourth-order valence-electron chi connectivity index (χ4n) is 5.28. The van der Waals surface area contributed by atoms with Crippen LogP contribution in [0.2, 0.25) is 0 Å². The van der Waals surface area contributed by atoms with Gasteiger partial charge in [-0.25, -0.2) is 9.97 Å². The first-order valence-corrected chi connectivity index (χ1v) is 11.5.